The summed E-state index contributed by atoms with van der Waals surface area (Å²) in [5.74, 6) is 0. The highest BCUT2D eigenvalue weighted by Crippen LogP contribution is 2.22. The van der Waals surface area contributed by atoms with Crippen LogP contribution in [0.4, 0.5) is 11.4 Å². The van der Waals surface area contributed by atoms with E-state index in [1.165, 1.54) is 29.0 Å². The van der Waals surface area contributed by atoms with Crippen LogP contribution >= 0.6 is 0 Å². The fourth-order valence-electron chi connectivity index (χ4n) is 1.60. The lowest BCUT2D eigenvalue weighted by molar-refractivity contribution is -0.386. The molecular formula is C11H7N3O5. The third-order valence-electron chi connectivity index (χ3n) is 2.45. The first-order chi connectivity index (χ1) is 9.00. The zero-order valence-electron chi connectivity index (χ0n) is 9.42. The second-order valence-corrected chi connectivity index (χ2v) is 3.60. The first kappa shape index (κ1) is 12.4. The molecule has 1 aromatic carbocycles. The van der Waals surface area contributed by atoms with Crippen LogP contribution in [-0.4, -0.2) is 14.4 Å². The van der Waals surface area contributed by atoms with Gasteiger partial charge in [-0.3, -0.25) is 25.0 Å². The van der Waals surface area contributed by atoms with Gasteiger partial charge in [-0.15, -0.1) is 0 Å². The summed E-state index contributed by atoms with van der Waals surface area (Å²) in [6.07, 6.45) is 2.21. The van der Waals surface area contributed by atoms with Crippen molar-refractivity contribution in [2.75, 3.05) is 0 Å². The van der Waals surface area contributed by atoms with Crippen LogP contribution in [0.15, 0.2) is 47.5 Å². The van der Waals surface area contributed by atoms with Crippen LogP contribution in [0, 0.1) is 20.2 Å². The van der Waals surface area contributed by atoms with Gasteiger partial charge in [-0.1, -0.05) is 12.1 Å². The summed E-state index contributed by atoms with van der Waals surface area (Å²) in [7, 11) is 0. The number of para-hydroxylation sites is 2. The lowest BCUT2D eigenvalue weighted by Crippen LogP contribution is -2.10. The number of pyridine rings is 1. The third-order valence-corrected chi connectivity index (χ3v) is 2.45. The molecule has 0 radical (unpaired) electrons. The number of nitro benzene ring substituents is 1. The maximum Gasteiger partial charge on any atom is 0.332 e. The van der Waals surface area contributed by atoms with Crippen molar-refractivity contribution in [2.45, 2.75) is 0 Å². The maximum atomic E-state index is 11.3. The van der Waals surface area contributed by atoms with Crippen molar-refractivity contribution in [3.63, 3.8) is 0 Å². The largest absolute Gasteiger partial charge is 0.332 e. The second kappa shape index (κ2) is 4.69. The summed E-state index contributed by atoms with van der Waals surface area (Å²) in [6.45, 7) is 0. The standard InChI is InChI=1S/C11H7N3O5/c15-11-5-6-12(7-10(11)14(18)19)8-3-1-2-4-9(8)13(16)17/h1-7H. The molecule has 0 aliphatic heterocycles. The first-order valence-electron chi connectivity index (χ1n) is 5.11. The van der Waals surface area contributed by atoms with Crippen molar-refractivity contribution in [1.29, 1.82) is 0 Å². The fourth-order valence-corrected chi connectivity index (χ4v) is 1.60. The quantitative estimate of drug-likeness (QED) is 0.616. The fraction of sp³-hybridized carbons (Fsp3) is 0. The Morgan fingerprint density at radius 1 is 0.947 bits per heavy atom. The summed E-state index contributed by atoms with van der Waals surface area (Å²) in [6, 6.07) is 6.76. The molecule has 0 aliphatic rings. The first-order valence-corrected chi connectivity index (χ1v) is 5.11. The Bertz CT molecular complexity index is 722. The van der Waals surface area contributed by atoms with E-state index in [0.717, 1.165) is 12.3 Å². The zero-order chi connectivity index (χ0) is 14.0. The highest BCUT2D eigenvalue weighted by atomic mass is 16.6. The summed E-state index contributed by atoms with van der Waals surface area (Å²) >= 11 is 0. The van der Waals surface area contributed by atoms with E-state index in [4.69, 9.17) is 0 Å². The number of aromatic nitrogens is 1. The molecule has 2 aromatic rings. The summed E-state index contributed by atoms with van der Waals surface area (Å²) in [5, 5.41) is 21.6. The van der Waals surface area contributed by atoms with Crippen molar-refractivity contribution in [3.05, 3.63) is 73.2 Å². The van der Waals surface area contributed by atoms with E-state index < -0.39 is 21.0 Å². The topological polar surface area (TPSA) is 108 Å². The number of hydrogen-bond donors (Lipinski definition) is 0. The lowest BCUT2D eigenvalue weighted by atomic mass is 10.2. The molecule has 0 atom stereocenters. The van der Waals surface area contributed by atoms with E-state index in [9.17, 15) is 25.0 Å². The van der Waals surface area contributed by atoms with Crippen LogP contribution in [0.3, 0.4) is 0 Å². The minimum absolute atomic E-state index is 0.149. The van der Waals surface area contributed by atoms with Gasteiger partial charge in [0, 0.05) is 18.3 Å². The molecule has 2 rings (SSSR count). The Kier molecular flexibility index (Phi) is 3.06. The molecule has 0 fully saturated rings. The molecule has 0 saturated heterocycles. The molecule has 0 N–H and O–H groups in total. The van der Waals surface area contributed by atoms with Crippen molar-refractivity contribution >= 4 is 11.4 Å². The molecule has 0 amide bonds. The Balaban J connectivity index is 2.66. The maximum absolute atomic E-state index is 11.3. The molecule has 8 nitrogen and oxygen atoms in total. The molecule has 8 heteroatoms. The minimum Gasteiger partial charge on any atom is -0.311 e. The highest BCUT2D eigenvalue weighted by Gasteiger charge is 2.17. The van der Waals surface area contributed by atoms with Gasteiger partial charge >= 0.3 is 5.69 Å². The van der Waals surface area contributed by atoms with Gasteiger partial charge in [-0.2, -0.15) is 0 Å². The summed E-state index contributed by atoms with van der Waals surface area (Å²) in [4.78, 5) is 31.4. The predicted octanol–water partition coefficient (Wildman–Crippen LogP) is 1.65. The van der Waals surface area contributed by atoms with Gasteiger partial charge in [0.25, 0.3) is 11.1 Å². The highest BCUT2D eigenvalue weighted by molar-refractivity contribution is 5.53. The van der Waals surface area contributed by atoms with E-state index in [2.05, 4.69) is 0 Å². The van der Waals surface area contributed by atoms with Crippen LogP contribution in [0.5, 0.6) is 0 Å². The van der Waals surface area contributed by atoms with Crippen LogP contribution in [-0.2, 0) is 0 Å². The van der Waals surface area contributed by atoms with Crippen LogP contribution in [0.1, 0.15) is 0 Å². The monoisotopic (exact) mass is 261 g/mol. The predicted molar refractivity (Wildman–Crippen MR) is 65.3 cm³/mol. The minimum atomic E-state index is -0.826. The molecule has 1 aromatic heterocycles. The third kappa shape index (κ3) is 2.32. The van der Waals surface area contributed by atoms with Gasteiger partial charge in [0.2, 0.25) is 0 Å². The molecular weight excluding hydrogens is 254 g/mol. The van der Waals surface area contributed by atoms with Gasteiger partial charge in [0.15, 0.2) is 0 Å². The van der Waals surface area contributed by atoms with Crippen molar-refractivity contribution < 1.29 is 9.85 Å². The smallest absolute Gasteiger partial charge is 0.311 e. The number of nitrogens with zero attached hydrogens (tertiary/aromatic N) is 3. The Morgan fingerprint density at radius 2 is 1.58 bits per heavy atom. The molecule has 0 bridgehead atoms. The SMILES string of the molecule is O=c1ccn(-c2ccccc2[N+](=O)[O-])cc1[N+](=O)[O-]. The van der Waals surface area contributed by atoms with Gasteiger partial charge in [0.05, 0.1) is 16.0 Å². The number of nitro groups is 2. The average molecular weight is 261 g/mol. The Labute approximate surface area is 105 Å². The molecule has 1 heterocycles. The van der Waals surface area contributed by atoms with Crippen molar-refractivity contribution in [3.8, 4) is 5.69 Å². The van der Waals surface area contributed by atoms with Gasteiger partial charge < -0.3 is 4.57 Å². The van der Waals surface area contributed by atoms with E-state index in [-0.39, 0.29) is 11.4 Å². The molecule has 0 saturated carbocycles. The summed E-state index contributed by atoms with van der Waals surface area (Å²) < 4.78 is 1.18. The van der Waals surface area contributed by atoms with Gasteiger partial charge in [0.1, 0.15) is 5.69 Å². The number of benzene rings is 1. The van der Waals surface area contributed by atoms with Crippen LogP contribution in [0.2, 0.25) is 0 Å². The number of hydrogen-bond acceptors (Lipinski definition) is 5. The molecule has 0 spiro atoms. The lowest BCUT2D eigenvalue weighted by Gasteiger charge is -2.06. The molecule has 19 heavy (non-hydrogen) atoms. The molecule has 0 unspecified atom stereocenters. The van der Waals surface area contributed by atoms with E-state index in [1.807, 2.05) is 0 Å². The Morgan fingerprint density at radius 3 is 2.21 bits per heavy atom. The second-order valence-electron chi connectivity index (χ2n) is 3.60. The normalized spacial score (nSPS) is 10.1. The van der Waals surface area contributed by atoms with E-state index in [0.29, 0.717) is 0 Å². The summed E-state index contributed by atoms with van der Waals surface area (Å²) in [5.41, 5.74) is -1.45. The van der Waals surface area contributed by atoms with Crippen LogP contribution < -0.4 is 5.43 Å². The van der Waals surface area contributed by atoms with Crippen LogP contribution in [0.25, 0.3) is 5.69 Å². The van der Waals surface area contributed by atoms with Crippen molar-refractivity contribution in [1.82, 2.24) is 4.57 Å². The zero-order valence-corrected chi connectivity index (χ0v) is 9.42. The molecule has 96 valence electrons. The average Bonchev–Trinajstić information content (AvgIpc) is 2.39. The van der Waals surface area contributed by atoms with Gasteiger partial charge in [-0.25, -0.2) is 0 Å². The van der Waals surface area contributed by atoms with E-state index >= 15 is 0 Å². The Hall–Kier alpha value is -3.03. The van der Waals surface area contributed by atoms with E-state index in [1.54, 1.807) is 6.07 Å². The molecule has 0 aliphatic carbocycles. The van der Waals surface area contributed by atoms with Gasteiger partial charge in [-0.05, 0) is 6.07 Å². The van der Waals surface area contributed by atoms with Crippen molar-refractivity contribution in [2.24, 2.45) is 0 Å². The number of rotatable bonds is 3.